The molecule has 0 radical (unpaired) electrons. The van der Waals surface area contributed by atoms with Crippen LogP contribution in [0.4, 0.5) is 0 Å². The van der Waals surface area contributed by atoms with Crippen molar-refractivity contribution in [3.63, 3.8) is 0 Å². The lowest BCUT2D eigenvalue weighted by molar-refractivity contribution is 0.401. The number of hydrogen-bond donors (Lipinski definition) is 0. The Kier molecular flexibility index (Phi) is 6.47. The molecule has 0 saturated carbocycles. The van der Waals surface area contributed by atoms with E-state index in [0.29, 0.717) is 5.92 Å². The zero-order valence-electron chi connectivity index (χ0n) is 19.0. The molecule has 34 heavy (non-hydrogen) atoms. The first-order valence-electron chi connectivity index (χ1n) is 11.4. The predicted octanol–water partition coefficient (Wildman–Crippen LogP) is 8.24. The van der Waals surface area contributed by atoms with E-state index in [2.05, 4.69) is 44.7 Å². The smallest absolute Gasteiger partial charge is 0.130 e. The molecule has 0 aliphatic rings. The van der Waals surface area contributed by atoms with Gasteiger partial charge in [0.15, 0.2) is 0 Å². The van der Waals surface area contributed by atoms with E-state index in [4.69, 9.17) is 10.5 Å². The summed E-state index contributed by atoms with van der Waals surface area (Å²) in [6.45, 7) is 5.61. The van der Waals surface area contributed by atoms with E-state index < -0.39 is 0 Å². The second kappa shape index (κ2) is 9.68. The standard InChI is InChI=1S/C26H23N5S3/c1-3-5-6-16(4-2)15-31-20-9-10-32-25(20)26-21(31)12-22(33-26)19-8-7-18(11-17(13-27)14-28)23-24(19)30-34-29-23/h7-12,16H,3-6,15H2,1-2H3. The Labute approximate surface area is 210 Å². The molecule has 0 amide bonds. The Morgan fingerprint density at radius 1 is 1.09 bits per heavy atom. The minimum Gasteiger partial charge on any atom is -0.339 e. The lowest BCUT2D eigenvalue weighted by Crippen LogP contribution is -2.09. The van der Waals surface area contributed by atoms with Crippen molar-refractivity contribution in [1.82, 2.24) is 13.3 Å². The van der Waals surface area contributed by atoms with Crippen LogP contribution in [0.15, 0.2) is 35.2 Å². The van der Waals surface area contributed by atoms with Gasteiger partial charge in [-0.05, 0) is 35.9 Å². The number of benzene rings is 1. The number of thiophene rings is 2. The Morgan fingerprint density at radius 3 is 2.68 bits per heavy atom. The molecular formula is C26H23N5S3. The van der Waals surface area contributed by atoms with E-state index in [1.165, 1.54) is 51.0 Å². The van der Waals surface area contributed by atoms with Gasteiger partial charge in [-0.3, -0.25) is 0 Å². The van der Waals surface area contributed by atoms with Crippen LogP contribution in [-0.4, -0.2) is 13.3 Å². The SMILES string of the molecule is CCCCC(CC)Cn1c2ccsc2c2sc(-c3ccc(C=C(C#N)C#N)c4nsnc34)cc21. The van der Waals surface area contributed by atoms with Crippen LogP contribution in [0.25, 0.3) is 48.0 Å². The van der Waals surface area contributed by atoms with Gasteiger partial charge < -0.3 is 4.57 Å². The van der Waals surface area contributed by atoms with E-state index in [1.807, 2.05) is 46.9 Å². The fourth-order valence-electron chi connectivity index (χ4n) is 4.51. The molecular weight excluding hydrogens is 479 g/mol. The number of nitriles is 2. The van der Waals surface area contributed by atoms with Crippen LogP contribution in [0.3, 0.4) is 0 Å². The third kappa shape index (κ3) is 3.92. The summed E-state index contributed by atoms with van der Waals surface area (Å²) in [6, 6.07) is 12.4. The molecule has 1 aromatic carbocycles. The molecule has 4 heterocycles. The summed E-state index contributed by atoms with van der Waals surface area (Å²) in [5.41, 5.74) is 6.05. The predicted molar refractivity (Wildman–Crippen MR) is 144 cm³/mol. The van der Waals surface area contributed by atoms with Gasteiger partial charge >= 0.3 is 0 Å². The van der Waals surface area contributed by atoms with Crippen LogP contribution in [0.1, 0.15) is 45.1 Å². The van der Waals surface area contributed by atoms with Gasteiger partial charge in [0.25, 0.3) is 0 Å². The highest BCUT2D eigenvalue weighted by atomic mass is 32.1. The van der Waals surface area contributed by atoms with E-state index in [1.54, 1.807) is 6.08 Å². The third-order valence-electron chi connectivity index (χ3n) is 6.38. The molecule has 0 aliphatic carbocycles. The normalized spacial score (nSPS) is 12.2. The van der Waals surface area contributed by atoms with Gasteiger partial charge in [0, 0.05) is 22.5 Å². The fraction of sp³-hybridized carbons (Fsp3) is 0.308. The summed E-state index contributed by atoms with van der Waals surface area (Å²) in [5, 5.41) is 20.5. The molecule has 5 nitrogen and oxygen atoms in total. The first-order valence-corrected chi connectivity index (χ1v) is 13.9. The third-order valence-corrected chi connectivity index (χ3v) is 9.14. The number of allylic oxidation sites excluding steroid dienone is 1. The fourth-order valence-corrected chi connectivity index (χ4v) is 7.34. The maximum absolute atomic E-state index is 9.15. The highest BCUT2D eigenvalue weighted by molar-refractivity contribution is 7.28. The average Bonchev–Trinajstić information content (AvgIpc) is 3.64. The summed E-state index contributed by atoms with van der Waals surface area (Å²) in [6.07, 6.45) is 6.56. The van der Waals surface area contributed by atoms with Crippen molar-refractivity contribution >= 4 is 71.9 Å². The van der Waals surface area contributed by atoms with Crippen LogP contribution in [-0.2, 0) is 6.54 Å². The molecule has 170 valence electrons. The molecule has 4 aromatic heterocycles. The van der Waals surface area contributed by atoms with Crippen LogP contribution >= 0.6 is 34.4 Å². The molecule has 1 atom stereocenters. The summed E-state index contributed by atoms with van der Waals surface area (Å²) >= 11 is 4.78. The molecule has 0 bridgehead atoms. The summed E-state index contributed by atoms with van der Waals surface area (Å²) in [4.78, 5) is 1.17. The van der Waals surface area contributed by atoms with Gasteiger partial charge in [-0.2, -0.15) is 19.3 Å². The average molecular weight is 502 g/mol. The minimum atomic E-state index is 0.0616. The molecule has 5 rings (SSSR count). The van der Waals surface area contributed by atoms with Crippen molar-refractivity contribution in [2.45, 2.75) is 46.1 Å². The lowest BCUT2D eigenvalue weighted by atomic mass is 9.99. The van der Waals surface area contributed by atoms with Crippen LogP contribution in [0, 0.1) is 28.6 Å². The molecule has 0 spiro atoms. The highest BCUT2D eigenvalue weighted by Gasteiger charge is 2.20. The van der Waals surface area contributed by atoms with Crippen molar-refractivity contribution in [1.29, 1.82) is 10.5 Å². The van der Waals surface area contributed by atoms with Crippen LogP contribution in [0.2, 0.25) is 0 Å². The van der Waals surface area contributed by atoms with Crippen LogP contribution in [0.5, 0.6) is 0 Å². The van der Waals surface area contributed by atoms with Gasteiger partial charge in [-0.15, -0.1) is 22.7 Å². The van der Waals surface area contributed by atoms with Crippen LogP contribution < -0.4 is 0 Å². The number of unbranched alkanes of at least 4 members (excludes halogenated alkanes) is 1. The quantitative estimate of drug-likeness (QED) is 0.201. The second-order valence-corrected chi connectivity index (χ2v) is 10.9. The first kappa shape index (κ1) is 22.7. The molecule has 8 heteroatoms. The topological polar surface area (TPSA) is 78.3 Å². The number of hydrogen-bond acceptors (Lipinski definition) is 7. The Bertz CT molecular complexity index is 1580. The number of fused-ring (bicyclic) bond motifs is 4. The molecule has 1 unspecified atom stereocenters. The van der Waals surface area contributed by atoms with E-state index in [0.717, 1.165) is 40.4 Å². The summed E-state index contributed by atoms with van der Waals surface area (Å²) in [5.74, 6) is 0.678. The van der Waals surface area contributed by atoms with Crippen molar-refractivity contribution in [3.8, 4) is 22.6 Å². The Balaban J connectivity index is 1.62. The van der Waals surface area contributed by atoms with Gasteiger partial charge in [0.1, 0.15) is 28.7 Å². The van der Waals surface area contributed by atoms with Gasteiger partial charge in [0.05, 0.1) is 32.2 Å². The van der Waals surface area contributed by atoms with Crippen molar-refractivity contribution < 1.29 is 0 Å². The van der Waals surface area contributed by atoms with Gasteiger partial charge in [-0.25, -0.2) is 0 Å². The summed E-state index contributed by atoms with van der Waals surface area (Å²) < 4.78 is 14.3. The van der Waals surface area contributed by atoms with E-state index >= 15 is 0 Å². The van der Waals surface area contributed by atoms with Crippen molar-refractivity contribution in [2.75, 3.05) is 0 Å². The monoisotopic (exact) mass is 501 g/mol. The number of aromatic nitrogens is 3. The maximum Gasteiger partial charge on any atom is 0.130 e. The zero-order chi connectivity index (χ0) is 23.7. The van der Waals surface area contributed by atoms with E-state index in [9.17, 15) is 0 Å². The second-order valence-electron chi connectivity index (χ2n) is 8.43. The van der Waals surface area contributed by atoms with Crippen molar-refractivity contribution in [3.05, 3.63) is 40.8 Å². The summed E-state index contributed by atoms with van der Waals surface area (Å²) in [7, 11) is 0. The number of nitrogens with zero attached hydrogens (tertiary/aromatic N) is 5. The lowest BCUT2D eigenvalue weighted by Gasteiger charge is -2.16. The molecule has 0 N–H and O–H groups in total. The first-order chi connectivity index (χ1) is 16.7. The molecule has 0 fully saturated rings. The number of rotatable bonds is 8. The highest BCUT2D eigenvalue weighted by Crippen LogP contribution is 2.44. The van der Waals surface area contributed by atoms with Crippen molar-refractivity contribution in [2.24, 2.45) is 5.92 Å². The molecule has 0 saturated heterocycles. The largest absolute Gasteiger partial charge is 0.339 e. The van der Waals surface area contributed by atoms with Gasteiger partial charge in [-0.1, -0.05) is 45.2 Å². The minimum absolute atomic E-state index is 0.0616. The maximum atomic E-state index is 9.15. The Morgan fingerprint density at radius 2 is 1.91 bits per heavy atom. The molecule has 5 aromatic rings. The molecule has 0 aliphatic heterocycles. The van der Waals surface area contributed by atoms with E-state index in [-0.39, 0.29) is 5.57 Å². The Hall–Kier alpha value is -3.04. The van der Waals surface area contributed by atoms with Gasteiger partial charge in [0.2, 0.25) is 0 Å². The zero-order valence-corrected chi connectivity index (χ0v) is 21.5.